The van der Waals surface area contributed by atoms with Gasteiger partial charge in [0.25, 0.3) is 5.91 Å². The van der Waals surface area contributed by atoms with Crippen LogP contribution in [0.3, 0.4) is 0 Å². The van der Waals surface area contributed by atoms with Gasteiger partial charge in [-0.2, -0.15) is 0 Å². The molecule has 0 radical (unpaired) electrons. The van der Waals surface area contributed by atoms with Crippen molar-refractivity contribution >= 4 is 11.6 Å². The Labute approximate surface area is 124 Å². The van der Waals surface area contributed by atoms with Crippen molar-refractivity contribution in [1.29, 1.82) is 0 Å². The third kappa shape index (κ3) is 1.96. The predicted molar refractivity (Wildman–Crippen MR) is 83.6 cm³/mol. The van der Waals surface area contributed by atoms with Crippen LogP contribution in [0.15, 0.2) is 48.5 Å². The molecule has 2 unspecified atom stereocenters. The molecule has 21 heavy (non-hydrogen) atoms. The number of benzene rings is 2. The quantitative estimate of drug-likeness (QED) is 0.871. The van der Waals surface area contributed by atoms with E-state index in [1.165, 1.54) is 11.1 Å². The van der Waals surface area contributed by atoms with Gasteiger partial charge in [0, 0.05) is 29.8 Å². The lowest BCUT2D eigenvalue weighted by Crippen LogP contribution is -2.33. The molecule has 2 atom stereocenters. The fourth-order valence-corrected chi connectivity index (χ4v) is 3.75. The lowest BCUT2D eigenvalue weighted by atomic mass is 9.82. The standard InChI is InChI=1S/C18H18N2O/c19-15-9-13-7-4-8-16-17(13)14(10-15)11-20(16)18(21)12-5-2-1-3-6-12/h1-8,14-15H,9-11,19H2. The molecule has 0 spiro atoms. The minimum atomic E-state index is 0.0898. The fraction of sp³-hybridized carbons (Fsp3) is 0.278. The number of nitrogens with two attached hydrogens (primary N) is 1. The minimum Gasteiger partial charge on any atom is -0.327 e. The first-order chi connectivity index (χ1) is 10.2. The third-order valence-electron chi connectivity index (χ3n) is 4.61. The molecule has 106 valence electrons. The molecule has 0 saturated heterocycles. The smallest absolute Gasteiger partial charge is 0.258 e. The Balaban J connectivity index is 1.76. The summed E-state index contributed by atoms with van der Waals surface area (Å²) in [5.74, 6) is 0.486. The van der Waals surface area contributed by atoms with E-state index in [0.717, 1.165) is 30.6 Å². The Hall–Kier alpha value is -2.13. The van der Waals surface area contributed by atoms with E-state index in [4.69, 9.17) is 5.73 Å². The van der Waals surface area contributed by atoms with Crippen LogP contribution >= 0.6 is 0 Å². The summed E-state index contributed by atoms with van der Waals surface area (Å²) < 4.78 is 0. The van der Waals surface area contributed by atoms with Gasteiger partial charge in [0.05, 0.1) is 0 Å². The van der Waals surface area contributed by atoms with E-state index in [0.29, 0.717) is 5.92 Å². The molecular formula is C18H18N2O. The highest BCUT2D eigenvalue weighted by atomic mass is 16.2. The van der Waals surface area contributed by atoms with Crippen LogP contribution in [-0.2, 0) is 6.42 Å². The Morgan fingerprint density at radius 2 is 1.90 bits per heavy atom. The van der Waals surface area contributed by atoms with Gasteiger partial charge in [-0.3, -0.25) is 4.79 Å². The van der Waals surface area contributed by atoms with Crippen molar-refractivity contribution in [1.82, 2.24) is 0 Å². The van der Waals surface area contributed by atoms with E-state index in [2.05, 4.69) is 12.1 Å². The van der Waals surface area contributed by atoms with Crippen molar-refractivity contribution in [2.45, 2.75) is 24.8 Å². The first kappa shape index (κ1) is 12.6. The topological polar surface area (TPSA) is 46.3 Å². The van der Waals surface area contributed by atoms with E-state index < -0.39 is 0 Å². The molecule has 1 heterocycles. The van der Waals surface area contributed by atoms with Crippen LogP contribution in [0, 0.1) is 0 Å². The highest BCUT2D eigenvalue weighted by Crippen LogP contribution is 2.44. The summed E-state index contributed by atoms with van der Waals surface area (Å²) in [6, 6.07) is 16.0. The second-order valence-electron chi connectivity index (χ2n) is 6.03. The first-order valence-corrected chi connectivity index (χ1v) is 7.48. The average molecular weight is 278 g/mol. The number of carbonyl (C=O) groups excluding carboxylic acids is 1. The SMILES string of the molecule is NC1Cc2cccc3c2C(C1)CN3C(=O)c1ccccc1. The Kier molecular flexibility index (Phi) is 2.82. The lowest BCUT2D eigenvalue weighted by molar-refractivity contribution is 0.0988. The highest BCUT2D eigenvalue weighted by Gasteiger charge is 2.37. The molecule has 2 N–H and O–H groups in total. The molecule has 2 aliphatic rings. The van der Waals surface area contributed by atoms with Crippen LogP contribution in [0.25, 0.3) is 0 Å². The maximum Gasteiger partial charge on any atom is 0.258 e. The molecule has 3 heteroatoms. The third-order valence-corrected chi connectivity index (χ3v) is 4.61. The van der Waals surface area contributed by atoms with Gasteiger partial charge in [-0.05, 0) is 42.2 Å². The molecule has 0 fully saturated rings. The molecule has 1 aliphatic heterocycles. The molecule has 1 aliphatic carbocycles. The Morgan fingerprint density at radius 1 is 1.10 bits per heavy atom. The normalized spacial score (nSPS) is 23.0. The van der Waals surface area contributed by atoms with Crippen molar-refractivity contribution in [3.63, 3.8) is 0 Å². The summed E-state index contributed by atoms with van der Waals surface area (Å²) in [7, 11) is 0. The van der Waals surface area contributed by atoms with Gasteiger partial charge in [0.1, 0.15) is 0 Å². The van der Waals surface area contributed by atoms with Crippen molar-refractivity contribution < 1.29 is 4.79 Å². The Morgan fingerprint density at radius 3 is 2.71 bits per heavy atom. The van der Waals surface area contributed by atoms with Gasteiger partial charge >= 0.3 is 0 Å². The summed E-state index contributed by atoms with van der Waals surface area (Å²) in [5, 5.41) is 0. The molecule has 2 aromatic rings. The number of hydrogen-bond donors (Lipinski definition) is 1. The maximum absolute atomic E-state index is 12.8. The molecule has 0 bridgehead atoms. The van der Waals surface area contributed by atoms with Crippen LogP contribution in [0.5, 0.6) is 0 Å². The fourth-order valence-electron chi connectivity index (χ4n) is 3.75. The monoisotopic (exact) mass is 278 g/mol. The summed E-state index contributed by atoms with van der Waals surface area (Å²) >= 11 is 0. The zero-order chi connectivity index (χ0) is 14.4. The maximum atomic E-state index is 12.8. The Bertz CT molecular complexity index is 696. The number of anilines is 1. The second-order valence-corrected chi connectivity index (χ2v) is 6.03. The van der Waals surface area contributed by atoms with Gasteiger partial charge in [-0.15, -0.1) is 0 Å². The first-order valence-electron chi connectivity index (χ1n) is 7.48. The van der Waals surface area contributed by atoms with Crippen LogP contribution in [0.2, 0.25) is 0 Å². The highest BCUT2D eigenvalue weighted by molar-refractivity contribution is 6.07. The average Bonchev–Trinajstić information content (AvgIpc) is 2.87. The van der Waals surface area contributed by atoms with Crippen LogP contribution in [0.1, 0.15) is 33.8 Å². The number of rotatable bonds is 1. The van der Waals surface area contributed by atoms with Crippen LogP contribution in [0.4, 0.5) is 5.69 Å². The minimum absolute atomic E-state index is 0.0898. The van der Waals surface area contributed by atoms with E-state index in [1.807, 2.05) is 41.3 Å². The van der Waals surface area contributed by atoms with Gasteiger partial charge < -0.3 is 10.6 Å². The molecule has 1 amide bonds. The summed E-state index contributed by atoms with van der Waals surface area (Å²) in [6.07, 6.45) is 1.90. The lowest BCUT2D eigenvalue weighted by Gasteiger charge is -2.25. The largest absolute Gasteiger partial charge is 0.327 e. The van der Waals surface area contributed by atoms with Crippen molar-refractivity contribution in [3.05, 3.63) is 65.2 Å². The summed E-state index contributed by atoms with van der Waals surface area (Å²) in [6.45, 7) is 0.758. The van der Waals surface area contributed by atoms with E-state index in [-0.39, 0.29) is 11.9 Å². The van der Waals surface area contributed by atoms with Crippen molar-refractivity contribution in [3.8, 4) is 0 Å². The predicted octanol–water partition coefficient (Wildman–Crippen LogP) is 2.70. The second kappa shape index (κ2) is 4.71. The van der Waals surface area contributed by atoms with Gasteiger partial charge in [-0.25, -0.2) is 0 Å². The molecule has 2 aromatic carbocycles. The van der Waals surface area contributed by atoms with E-state index >= 15 is 0 Å². The summed E-state index contributed by atoms with van der Waals surface area (Å²) in [5.41, 5.74) is 10.7. The van der Waals surface area contributed by atoms with E-state index in [1.54, 1.807) is 0 Å². The number of amides is 1. The number of hydrogen-bond acceptors (Lipinski definition) is 2. The summed E-state index contributed by atoms with van der Waals surface area (Å²) in [4.78, 5) is 14.7. The zero-order valence-electron chi connectivity index (χ0n) is 11.8. The van der Waals surface area contributed by atoms with E-state index in [9.17, 15) is 4.79 Å². The van der Waals surface area contributed by atoms with Crippen molar-refractivity contribution in [2.75, 3.05) is 11.4 Å². The van der Waals surface area contributed by atoms with Crippen LogP contribution in [-0.4, -0.2) is 18.5 Å². The molecule has 0 saturated carbocycles. The van der Waals surface area contributed by atoms with Gasteiger partial charge in [-0.1, -0.05) is 30.3 Å². The molecule has 3 nitrogen and oxygen atoms in total. The van der Waals surface area contributed by atoms with Crippen LogP contribution < -0.4 is 10.6 Å². The van der Waals surface area contributed by atoms with Gasteiger partial charge in [0.15, 0.2) is 0 Å². The molecule has 4 rings (SSSR count). The number of carbonyl (C=O) groups is 1. The molecule has 0 aromatic heterocycles. The number of nitrogens with zero attached hydrogens (tertiary/aromatic N) is 1. The zero-order valence-corrected chi connectivity index (χ0v) is 11.8. The van der Waals surface area contributed by atoms with Gasteiger partial charge in [0.2, 0.25) is 0 Å². The molecular weight excluding hydrogens is 260 g/mol. The van der Waals surface area contributed by atoms with Crippen molar-refractivity contribution in [2.24, 2.45) is 5.73 Å².